The predicted octanol–water partition coefficient (Wildman–Crippen LogP) is 1.41. The van der Waals surface area contributed by atoms with E-state index in [0.717, 1.165) is 0 Å². The molecule has 2 fully saturated rings. The van der Waals surface area contributed by atoms with Crippen molar-refractivity contribution in [3.8, 4) is 11.9 Å². The maximum absolute atomic E-state index is 12.7. The number of amides is 3. The topological polar surface area (TPSA) is 111 Å². The third-order valence-electron chi connectivity index (χ3n) is 5.36. The summed E-state index contributed by atoms with van der Waals surface area (Å²) in [4.78, 5) is 36.9. The van der Waals surface area contributed by atoms with Gasteiger partial charge in [0.15, 0.2) is 6.10 Å². The fourth-order valence-electron chi connectivity index (χ4n) is 3.83. The van der Waals surface area contributed by atoms with E-state index >= 15 is 0 Å². The van der Waals surface area contributed by atoms with E-state index in [1.165, 1.54) is 0 Å². The van der Waals surface area contributed by atoms with Crippen molar-refractivity contribution < 1.29 is 14.3 Å². The maximum Gasteiger partial charge on any atom is 0.321 e. The SMILES string of the molecule is Cc1nccc(O[C@@H]2C(=O)N(C)[C@@H]3CN(C(=O)Nc4ccc(C#N)cc4)C[C@H]23)n1. The van der Waals surface area contributed by atoms with Crippen LogP contribution >= 0.6 is 0 Å². The van der Waals surface area contributed by atoms with Gasteiger partial charge in [-0.1, -0.05) is 0 Å². The van der Waals surface area contributed by atoms with E-state index in [2.05, 4.69) is 15.3 Å². The van der Waals surface area contributed by atoms with Crippen LogP contribution in [0.2, 0.25) is 0 Å². The molecule has 0 spiro atoms. The molecule has 1 N–H and O–H groups in total. The first-order chi connectivity index (χ1) is 14.0. The number of rotatable bonds is 3. The van der Waals surface area contributed by atoms with Gasteiger partial charge >= 0.3 is 6.03 Å². The van der Waals surface area contributed by atoms with Gasteiger partial charge in [-0.3, -0.25) is 4.79 Å². The largest absolute Gasteiger partial charge is 0.464 e. The lowest BCUT2D eigenvalue weighted by Gasteiger charge is -2.22. The third-order valence-corrected chi connectivity index (χ3v) is 5.36. The number of carbonyl (C=O) groups excluding carboxylic acids is 2. The monoisotopic (exact) mass is 392 g/mol. The summed E-state index contributed by atoms with van der Waals surface area (Å²) in [6, 6.07) is 9.98. The van der Waals surface area contributed by atoms with Crippen LogP contribution in [0, 0.1) is 24.2 Å². The van der Waals surface area contributed by atoms with Gasteiger partial charge in [-0.05, 0) is 31.2 Å². The minimum atomic E-state index is -0.688. The van der Waals surface area contributed by atoms with E-state index in [4.69, 9.17) is 10.00 Å². The summed E-state index contributed by atoms with van der Waals surface area (Å²) in [6.07, 6.45) is 0.900. The number of carbonyl (C=O) groups is 2. The van der Waals surface area contributed by atoms with E-state index in [-0.39, 0.29) is 23.9 Å². The Morgan fingerprint density at radius 3 is 2.72 bits per heavy atom. The van der Waals surface area contributed by atoms with Crippen molar-refractivity contribution in [3.05, 3.63) is 47.9 Å². The van der Waals surface area contributed by atoms with Gasteiger partial charge in [0, 0.05) is 44.0 Å². The second kappa shape index (κ2) is 7.39. The Kier molecular flexibility index (Phi) is 4.76. The van der Waals surface area contributed by atoms with Crippen LogP contribution in [-0.4, -0.2) is 64.0 Å². The number of urea groups is 1. The number of benzene rings is 1. The predicted molar refractivity (Wildman–Crippen MR) is 103 cm³/mol. The molecule has 0 radical (unpaired) electrons. The van der Waals surface area contributed by atoms with Gasteiger partial charge < -0.3 is 19.9 Å². The average Bonchev–Trinajstić information content (AvgIpc) is 3.24. The molecule has 148 valence electrons. The summed E-state index contributed by atoms with van der Waals surface area (Å²) >= 11 is 0. The molecule has 29 heavy (non-hydrogen) atoms. The Morgan fingerprint density at radius 1 is 1.28 bits per heavy atom. The zero-order valence-electron chi connectivity index (χ0n) is 16.1. The van der Waals surface area contributed by atoms with E-state index in [0.29, 0.717) is 36.0 Å². The molecule has 0 unspecified atom stereocenters. The van der Waals surface area contributed by atoms with Crippen molar-refractivity contribution in [3.63, 3.8) is 0 Å². The van der Waals surface area contributed by atoms with Gasteiger partial charge in [0.25, 0.3) is 5.91 Å². The fraction of sp³-hybridized carbons (Fsp3) is 0.350. The number of fused-ring (bicyclic) bond motifs is 1. The summed E-state index contributed by atoms with van der Waals surface area (Å²) in [7, 11) is 1.73. The third kappa shape index (κ3) is 3.57. The van der Waals surface area contributed by atoms with Gasteiger partial charge in [-0.25, -0.2) is 9.78 Å². The van der Waals surface area contributed by atoms with E-state index in [1.807, 2.05) is 6.07 Å². The molecule has 0 aliphatic carbocycles. The number of nitrogens with one attached hydrogen (secondary N) is 1. The number of anilines is 1. The summed E-state index contributed by atoms with van der Waals surface area (Å²) in [5.74, 6) is 0.663. The van der Waals surface area contributed by atoms with Crippen LogP contribution in [0.1, 0.15) is 11.4 Å². The first kappa shape index (κ1) is 18.7. The molecule has 3 amide bonds. The molecule has 2 saturated heterocycles. The number of ether oxygens (including phenoxy) is 1. The molecule has 3 atom stereocenters. The lowest BCUT2D eigenvalue weighted by Crippen LogP contribution is -2.41. The van der Waals surface area contributed by atoms with Crippen molar-refractivity contribution in [1.29, 1.82) is 5.26 Å². The Hall–Kier alpha value is -3.67. The first-order valence-electron chi connectivity index (χ1n) is 9.25. The van der Waals surface area contributed by atoms with Crippen molar-refractivity contribution >= 4 is 17.6 Å². The maximum atomic E-state index is 12.7. The Labute approximate surface area is 167 Å². The minimum absolute atomic E-state index is 0.108. The first-order valence-corrected chi connectivity index (χ1v) is 9.25. The summed E-state index contributed by atoms with van der Waals surface area (Å²) < 4.78 is 5.89. The van der Waals surface area contributed by atoms with Crippen LogP contribution in [0.25, 0.3) is 0 Å². The second-order valence-corrected chi connectivity index (χ2v) is 7.19. The number of nitriles is 1. The van der Waals surface area contributed by atoms with Crippen LogP contribution in [0.15, 0.2) is 36.5 Å². The molecular formula is C20H20N6O3. The number of likely N-dealkylation sites (N-methyl/N-ethyl adjacent to an activating group) is 1. The van der Waals surface area contributed by atoms with Gasteiger partial charge in [0.1, 0.15) is 5.82 Å². The molecule has 0 saturated carbocycles. The molecule has 9 nitrogen and oxygen atoms in total. The average molecular weight is 392 g/mol. The van der Waals surface area contributed by atoms with Crippen LogP contribution in [0.4, 0.5) is 10.5 Å². The lowest BCUT2D eigenvalue weighted by atomic mass is 10.0. The zero-order chi connectivity index (χ0) is 20.5. The molecule has 9 heteroatoms. The van der Waals surface area contributed by atoms with Crippen LogP contribution < -0.4 is 10.1 Å². The number of nitrogens with zero attached hydrogens (tertiary/aromatic N) is 5. The van der Waals surface area contributed by atoms with Gasteiger partial charge in [0.05, 0.1) is 17.7 Å². The van der Waals surface area contributed by atoms with Gasteiger partial charge in [-0.2, -0.15) is 10.2 Å². The molecule has 0 bridgehead atoms. The standard InChI is InChI=1S/C20H20N6O3/c1-12-22-8-7-17(23-12)29-18-15-10-26(11-16(15)25(2)19(18)27)20(28)24-14-5-3-13(9-21)4-6-14/h3-8,15-16,18H,10-11H2,1-2H3,(H,24,28)/t15-,16+,18-/m0/s1. The summed E-state index contributed by atoms with van der Waals surface area (Å²) in [6.45, 7) is 2.58. The molecule has 2 aliphatic heterocycles. The number of likely N-dealkylation sites (tertiary alicyclic amines) is 2. The number of aryl methyl sites for hydroxylation is 1. The van der Waals surface area contributed by atoms with Crippen molar-refractivity contribution in [2.75, 3.05) is 25.5 Å². The smallest absolute Gasteiger partial charge is 0.321 e. The molecule has 2 aliphatic rings. The van der Waals surface area contributed by atoms with Gasteiger partial charge in [-0.15, -0.1) is 0 Å². The highest BCUT2D eigenvalue weighted by atomic mass is 16.5. The number of hydrogen-bond acceptors (Lipinski definition) is 6. The molecule has 1 aromatic carbocycles. The number of hydrogen-bond donors (Lipinski definition) is 1. The van der Waals surface area contributed by atoms with E-state index in [9.17, 15) is 9.59 Å². The quantitative estimate of drug-likeness (QED) is 0.845. The zero-order valence-corrected chi connectivity index (χ0v) is 16.1. The van der Waals surface area contributed by atoms with E-state index in [1.54, 1.807) is 60.3 Å². The second-order valence-electron chi connectivity index (χ2n) is 7.19. The highest BCUT2D eigenvalue weighted by Gasteiger charge is 2.53. The normalized spacial score (nSPS) is 22.9. The van der Waals surface area contributed by atoms with Crippen LogP contribution in [0.3, 0.4) is 0 Å². The fourth-order valence-corrected chi connectivity index (χ4v) is 3.83. The summed E-state index contributed by atoms with van der Waals surface area (Å²) in [5.41, 5.74) is 1.14. The Balaban J connectivity index is 1.45. The van der Waals surface area contributed by atoms with Crippen LogP contribution in [-0.2, 0) is 4.79 Å². The summed E-state index contributed by atoms with van der Waals surface area (Å²) in [5, 5.41) is 11.7. The van der Waals surface area contributed by atoms with E-state index < -0.39 is 6.10 Å². The molecule has 4 rings (SSSR count). The van der Waals surface area contributed by atoms with Gasteiger partial charge in [0.2, 0.25) is 5.88 Å². The number of aromatic nitrogens is 2. The molecule has 2 aromatic rings. The lowest BCUT2D eigenvalue weighted by molar-refractivity contribution is -0.133. The van der Waals surface area contributed by atoms with Crippen molar-refractivity contribution in [1.82, 2.24) is 19.8 Å². The van der Waals surface area contributed by atoms with Crippen molar-refractivity contribution in [2.24, 2.45) is 5.92 Å². The van der Waals surface area contributed by atoms with Crippen LogP contribution in [0.5, 0.6) is 5.88 Å². The Bertz CT molecular complexity index is 986. The highest BCUT2D eigenvalue weighted by Crippen LogP contribution is 2.34. The minimum Gasteiger partial charge on any atom is -0.464 e. The molecule has 1 aromatic heterocycles. The molecular weight excluding hydrogens is 372 g/mol. The van der Waals surface area contributed by atoms with Crippen molar-refractivity contribution in [2.45, 2.75) is 19.1 Å². The molecule has 3 heterocycles. The highest BCUT2D eigenvalue weighted by molar-refractivity contribution is 5.90. The Morgan fingerprint density at radius 2 is 2.03 bits per heavy atom.